The average molecular weight is 237 g/mol. The summed E-state index contributed by atoms with van der Waals surface area (Å²) in [5.41, 5.74) is 9.07. The summed E-state index contributed by atoms with van der Waals surface area (Å²) in [5, 5.41) is 8.37. The summed E-state index contributed by atoms with van der Waals surface area (Å²) in [4.78, 5) is 0. The number of aromatic nitrogens is 2. The third-order valence-corrected chi connectivity index (χ3v) is 2.86. The SMILES string of the molecule is CCCCOc1nnc(CC)c(CC)c1CN. The van der Waals surface area contributed by atoms with Gasteiger partial charge >= 0.3 is 0 Å². The zero-order valence-electron chi connectivity index (χ0n) is 11.1. The van der Waals surface area contributed by atoms with Gasteiger partial charge in [-0.2, -0.15) is 5.10 Å². The molecular weight excluding hydrogens is 214 g/mol. The van der Waals surface area contributed by atoms with E-state index in [-0.39, 0.29) is 0 Å². The molecule has 0 aromatic carbocycles. The number of hydrogen-bond donors (Lipinski definition) is 1. The van der Waals surface area contributed by atoms with Gasteiger partial charge in [0, 0.05) is 12.1 Å². The fraction of sp³-hybridized carbons (Fsp3) is 0.692. The fourth-order valence-electron chi connectivity index (χ4n) is 1.87. The molecule has 0 fully saturated rings. The molecule has 96 valence electrons. The number of unbranched alkanes of at least 4 members (excludes halogenated alkanes) is 1. The highest BCUT2D eigenvalue weighted by Crippen LogP contribution is 2.22. The van der Waals surface area contributed by atoms with E-state index in [1.54, 1.807) is 0 Å². The number of aryl methyl sites for hydroxylation is 1. The minimum absolute atomic E-state index is 0.465. The maximum atomic E-state index is 5.81. The average Bonchev–Trinajstić information content (AvgIpc) is 2.38. The van der Waals surface area contributed by atoms with Crippen molar-refractivity contribution >= 4 is 0 Å². The third-order valence-electron chi connectivity index (χ3n) is 2.86. The van der Waals surface area contributed by atoms with Gasteiger partial charge in [0.15, 0.2) is 0 Å². The molecule has 0 aliphatic carbocycles. The Bertz CT molecular complexity index is 353. The van der Waals surface area contributed by atoms with Crippen molar-refractivity contribution in [1.29, 1.82) is 0 Å². The lowest BCUT2D eigenvalue weighted by Gasteiger charge is -2.14. The van der Waals surface area contributed by atoms with Crippen LogP contribution in [0.2, 0.25) is 0 Å². The second-order valence-electron chi connectivity index (χ2n) is 4.02. The lowest BCUT2D eigenvalue weighted by atomic mass is 10.0. The molecule has 17 heavy (non-hydrogen) atoms. The first-order valence-corrected chi connectivity index (χ1v) is 6.48. The minimum atomic E-state index is 0.465. The van der Waals surface area contributed by atoms with E-state index in [0.717, 1.165) is 36.9 Å². The Kier molecular flexibility index (Phi) is 5.91. The zero-order valence-corrected chi connectivity index (χ0v) is 11.1. The molecule has 0 aliphatic rings. The quantitative estimate of drug-likeness (QED) is 0.739. The molecule has 0 atom stereocenters. The van der Waals surface area contributed by atoms with Crippen LogP contribution in [-0.2, 0) is 19.4 Å². The highest BCUT2D eigenvalue weighted by Gasteiger charge is 2.13. The van der Waals surface area contributed by atoms with E-state index in [4.69, 9.17) is 10.5 Å². The summed E-state index contributed by atoms with van der Waals surface area (Å²) < 4.78 is 5.66. The largest absolute Gasteiger partial charge is 0.476 e. The van der Waals surface area contributed by atoms with Crippen molar-refractivity contribution < 1.29 is 4.74 Å². The van der Waals surface area contributed by atoms with Gasteiger partial charge in [0.25, 0.3) is 0 Å². The standard InChI is InChI=1S/C13H23N3O/c1-4-7-8-17-13-11(9-14)10(5-2)12(6-3)15-16-13/h4-9,14H2,1-3H3. The molecule has 0 radical (unpaired) electrons. The molecule has 2 N–H and O–H groups in total. The summed E-state index contributed by atoms with van der Waals surface area (Å²) in [5.74, 6) is 0.620. The first kappa shape index (κ1) is 13.9. The summed E-state index contributed by atoms with van der Waals surface area (Å²) in [6, 6.07) is 0. The van der Waals surface area contributed by atoms with E-state index in [2.05, 4.69) is 31.0 Å². The molecule has 4 nitrogen and oxygen atoms in total. The smallest absolute Gasteiger partial charge is 0.238 e. The molecule has 0 saturated heterocycles. The van der Waals surface area contributed by atoms with E-state index in [0.29, 0.717) is 19.0 Å². The summed E-state index contributed by atoms with van der Waals surface area (Å²) in [7, 11) is 0. The second kappa shape index (κ2) is 7.22. The van der Waals surface area contributed by atoms with Crippen LogP contribution in [0.15, 0.2) is 0 Å². The number of hydrogen-bond acceptors (Lipinski definition) is 4. The van der Waals surface area contributed by atoms with Gasteiger partial charge in [0.05, 0.1) is 12.3 Å². The first-order valence-electron chi connectivity index (χ1n) is 6.48. The van der Waals surface area contributed by atoms with Gasteiger partial charge < -0.3 is 10.5 Å². The minimum Gasteiger partial charge on any atom is -0.476 e. The van der Waals surface area contributed by atoms with Gasteiger partial charge in [0.1, 0.15) is 0 Å². The maximum Gasteiger partial charge on any atom is 0.238 e. The fourth-order valence-corrected chi connectivity index (χ4v) is 1.87. The van der Waals surface area contributed by atoms with Crippen LogP contribution in [-0.4, -0.2) is 16.8 Å². The lowest BCUT2D eigenvalue weighted by Crippen LogP contribution is -2.12. The zero-order chi connectivity index (χ0) is 12.7. The highest BCUT2D eigenvalue weighted by atomic mass is 16.5. The van der Waals surface area contributed by atoms with Crippen molar-refractivity contribution in [3.63, 3.8) is 0 Å². The van der Waals surface area contributed by atoms with E-state index in [1.165, 1.54) is 5.56 Å². The Morgan fingerprint density at radius 1 is 1.06 bits per heavy atom. The van der Waals surface area contributed by atoms with Crippen molar-refractivity contribution in [2.45, 2.75) is 53.0 Å². The van der Waals surface area contributed by atoms with Crippen LogP contribution in [0.5, 0.6) is 5.88 Å². The van der Waals surface area contributed by atoms with E-state index in [9.17, 15) is 0 Å². The van der Waals surface area contributed by atoms with Crippen molar-refractivity contribution in [3.8, 4) is 5.88 Å². The van der Waals surface area contributed by atoms with Crippen LogP contribution in [0.25, 0.3) is 0 Å². The van der Waals surface area contributed by atoms with E-state index < -0.39 is 0 Å². The summed E-state index contributed by atoms with van der Waals surface area (Å²) >= 11 is 0. The third kappa shape index (κ3) is 3.40. The van der Waals surface area contributed by atoms with Crippen LogP contribution >= 0.6 is 0 Å². The molecule has 0 saturated carbocycles. The van der Waals surface area contributed by atoms with Crippen LogP contribution in [0.3, 0.4) is 0 Å². The molecule has 0 amide bonds. The van der Waals surface area contributed by atoms with Gasteiger partial charge in [0.2, 0.25) is 5.88 Å². The van der Waals surface area contributed by atoms with Gasteiger partial charge in [-0.25, -0.2) is 0 Å². The normalized spacial score (nSPS) is 10.6. The Balaban J connectivity index is 2.97. The monoisotopic (exact) mass is 237 g/mol. The van der Waals surface area contributed by atoms with Crippen LogP contribution in [0.1, 0.15) is 50.4 Å². The molecule has 1 aromatic rings. The Morgan fingerprint density at radius 2 is 1.82 bits per heavy atom. The summed E-state index contributed by atoms with van der Waals surface area (Å²) in [6.45, 7) is 7.49. The molecule has 0 unspecified atom stereocenters. The molecule has 0 aliphatic heterocycles. The predicted octanol–water partition coefficient (Wildman–Crippen LogP) is 2.24. The molecule has 0 spiro atoms. The molecule has 1 rings (SSSR count). The van der Waals surface area contributed by atoms with E-state index in [1.807, 2.05) is 0 Å². The Hall–Kier alpha value is -1.16. The molecule has 4 heteroatoms. The molecule has 1 heterocycles. The van der Waals surface area contributed by atoms with Crippen molar-refractivity contribution in [2.75, 3.05) is 6.61 Å². The van der Waals surface area contributed by atoms with Crippen molar-refractivity contribution in [1.82, 2.24) is 10.2 Å². The predicted molar refractivity (Wildman–Crippen MR) is 69.1 cm³/mol. The highest BCUT2D eigenvalue weighted by molar-refractivity contribution is 5.36. The van der Waals surface area contributed by atoms with Crippen molar-refractivity contribution in [3.05, 3.63) is 16.8 Å². The second-order valence-corrected chi connectivity index (χ2v) is 4.02. The number of nitrogens with zero attached hydrogens (tertiary/aromatic N) is 2. The molecule has 1 aromatic heterocycles. The van der Waals surface area contributed by atoms with E-state index >= 15 is 0 Å². The molecular formula is C13H23N3O. The van der Waals surface area contributed by atoms with Gasteiger partial charge in [-0.05, 0) is 24.8 Å². The van der Waals surface area contributed by atoms with Gasteiger partial charge in [-0.15, -0.1) is 5.10 Å². The molecule has 0 bridgehead atoms. The Morgan fingerprint density at radius 3 is 2.35 bits per heavy atom. The number of nitrogens with two attached hydrogens (primary N) is 1. The number of ether oxygens (including phenoxy) is 1. The summed E-state index contributed by atoms with van der Waals surface area (Å²) in [6.07, 6.45) is 3.95. The topological polar surface area (TPSA) is 61.0 Å². The van der Waals surface area contributed by atoms with Gasteiger partial charge in [-0.1, -0.05) is 27.2 Å². The van der Waals surface area contributed by atoms with Crippen molar-refractivity contribution in [2.24, 2.45) is 5.73 Å². The van der Waals surface area contributed by atoms with Crippen LogP contribution in [0.4, 0.5) is 0 Å². The maximum absolute atomic E-state index is 5.81. The lowest BCUT2D eigenvalue weighted by molar-refractivity contribution is 0.290. The van der Waals surface area contributed by atoms with Crippen LogP contribution in [0, 0.1) is 0 Å². The first-order chi connectivity index (χ1) is 8.28. The Labute approximate surface area is 104 Å². The van der Waals surface area contributed by atoms with Gasteiger partial charge in [-0.3, -0.25) is 0 Å². The van der Waals surface area contributed by atoms with Crippen LogP contribution < -0.4 is 10.5 Å². The number of rotatable bonds is 7.